The number of rotatable bonds is 5. The van der Waals surface area contributed by atoms with Crippen molar-refractivity contribution in [2.24, 2.45) is 0 Å². The van der Waals surface area contributed by atoms with E-state index in [0.29, 0.717) is 5.82 Å². The fourth-order valence-corrected chi connectivity index (χ4v) is 1.86. The molecular formula is C16H18N2O2. The first kappa shape index (κ1) is 14.1. The predicted molar refractivity (Wildman–Crippen MR) is 78.9 cm³/mol. The van der Waals surface area contributed by atoms with E-state index >= 15 is 0 Å². The van der Waals surface area contributed by atoms with E-state index in [1.165, 1.54) is 0 Å². The summed E-state index contributed by atoms with van der Waals surface area (Å²) in [6, 6.07) is 11.4. The molecule has 0 atom stereocenters. The SMILES string of the molecule is CCc1ccccc1OCC(=O)Nc1cc(C)ccn1. The van der Waals surface area contributed by atoms with Crippen LogP contribution in [0.1, 0.15) is 18.1 Å². The summed E-state index contributed by atoms with van der Waals surface area (Å²) in [4.78, 5) is 15.9. The largest absolute Gasteiger partial charge is 0.483 e. The number of hydrogen-bond donors (Lipinski definition) is 1. The number of ether oxygens (including phenoxy) is 1. The molecule has 0 unspecified atom stereocenters. The maximum absolute atomic E-state index is 11.8. The lowest BCUT2D eigenvalue weighted by Crippen LogP contribution is -2.21. The molecule has 1 aromatic heterocycles. The van der Waals surface area contributed by atoms with Gasteiger partial charge in [0.15, 0.2) is 6.61 Å². The number of hydrogen-bond acceptors (Lipinski definition) is 3. The standard InChI is InChI=1S/C16H18N2O2/c1-3-13-6-4-5-7-14(13)20-11-16(19)18-15-10-12(2)8-9-17-15/h4-10H,3,11H2,1-2H3,(H,17,18,19). The van der Waals surface area contributed by atoms with E-state index in [4.69, 9.17) is 4.74 Å². The number of amides is 1. The highest BCUT2D eigenvalue weighted by molar-refractivity contribution is 5.91. The van der Waals surface area contributed by atoms with Gasteiger partial charge in [0.1, 0.15) is 11.6 Å². The molecule has 0 saturated carbocycles. The second-order valence-electron chi connectivity index (χ2n) is 4.52. The molecule has 0 fully saturated rings. The summed E-state index contributed by atoms with van der Waals surface area (Å²) in [5.41, 5.74) is 2.14. The van der Waals surface area contributed by atoms with Gasteiger partial charge in [0.2, 0.25) is 0 Å². The lowest BCUT2D eigenvalue weighted by Gasteiger charge is -2.10. The van der Waals surface area contributed by atoms with Crippen LogP contribution in [0.15, 0.2) is 42.6 Å². The van der Waals surface area contributed by atoms with Crippen LogP contribution in [-0.4, -0.2) is 17.5 Å². The van der Waals surface area contributed by atoms with Crippen LogP contribution in [-0.2, 0) is 11.2 Å². The van der Waals surface area contributed by atoms with Crippen molar-refractivity contribution in [3.05, 3.63) is 53.7 Å². The molecule has 1 N–H and O–H groups in total. The Morgan fingerprint density at radius 2 is 2.10 bits per heavy atom. The van der Waals surface area contributed by atoms with E-state index in [-0.39, 0.29) is 12.5 Å². The minimum Gasteiger partial charge on any atom is -0.483 e. The van der Waals surface area contributed by atoms with Gasteiger partial charge < -0.3 is 10.1 Å². The Hall–Kier alpha value is -2.36. The van der Waals surface area contributed by atoms with Crippen LogP contribution in [0.4, 0.5) is 5.82 Å². The number of nitrogens with zero attached hydrogens (tertiary/aromatic N) is 1. The summed E-state index contributed by atoms with van der Waals surface area (Å²) in [5.74, 6) is 1.08. The molecule has 0 aliphatic heterocycles. The van der Waals surface area contributed by atoms with Gasteiger partial charge in [0.25, 0.3) is 5.91 Å². The molecule has 20 heavy (non-hydrogen) atoms. The summed E-state index contributed by atoms with van der Waals surface area (Å²) in [7, 11) is 0. The third kappa shape index (κ3) is 3.82. The fourth-order valence-electron chi connectivity index (χ4n) is 1.86. The zero-order chi connectivity index (χ0) is 14.4. The molecule has 4 heteroatoms. The average molecular weight is 270 g/mol. The molecule has 0 aliphatic rings. The summed E-state index contributed by atoms with van der Waals surface area (Å²) < 4.78 is 5.55. The van der Waals surface area contributed by atoms with Gasteiger partial charge in [0, 0.05) is 6.20 Å². The number of pyridine rings is 1. The van der Waals surface area contributed by atoms with E-state index in [1.807, 2.05) is 43.3 Å². The van der Waals surface area contributed by atoms with Gasteiger partial charge in [-0.3, -0.25) is 4.79 Å². The number of anilines is 1. The molecule has 0 aliphatic carbocycles. The second-order valence-corrected chi connectivity index (χ2v) is 4.52. The van der Waals surface area contributed by atoms with Crippen LogP contribution in [0.3, 0.4) is 0 Å². The molecule has 2 aromatic rings. The van der Waals surface area contributed by atoms with Crippen LogP contribution in [0, 0.1) is 6.92 Å². The normalized spacial score (nSPS) is 10.1. The van der Waals surface area contributed by atoms with Gasteiger partial charge >= 0.3 is 0 Å². The quantitative estimate of drug-likeness (QED) is 0.908. The molecular weight excluding hydrogens is 252 g/mol. The van der Waals surface area contributed by atoms with E-state index in [1.54, 1.807) is 6.20 Å². The van der Waals surface area contributed by atoms with Gasteiger partial charge in [-0.05, 0) is 42.7 Å². The highest BCUT2D eigenvalue weighted by Gasteiger charge is 2.06. The van der Waals surface area contributed by atoms with Crippen LogP contribution >= 0.6 is 0 Å². The Kier molecular flexibility index (Phi) is 4.71. The first-order chi connectivity index (χ1) is 9.69. The van der Waals surface area contributed by atoms with Crippen LogP contribution in [0.25, 0.3) is 0 Å². The van der Waals surface area contributed by atoms with Gasteiger partial charge in [0.05, 0.1) is 0 Å². The van der Waals surface area contributed by atoms with Crippen molar-refractivity contribution in [3.8, 4) is 5.75 Å². The Morgan fingerprint density at radius 3 is 2.85 bits per heavy atom. The molecule has 0 saturated heterocycles. The highest BCUT2D eigenvalue weighted by Crippen LogP contribution is 2.18. The third-order valence-corrected chi connectivity index (χ3v) is 2.90. The van der Waals surface area contributed by atoms with E-state index < -0.39 is 0 Å². The fraction of sp³-hybridized carbons (Fsp3) is 0.250. The number of aromatic nitrogens is 1. The second kappa shape index (κ2) is 6.70. The molecule has 1 amide bonds. The lowest BCUT2D eigenvalue weighted by molar-refractivity contribution is -0.118. The van der Waals surface area contributed by atoms with Crippen molar-refractivity contribution in [1.29, 1.82) is 0 Å². The van der Waals surface area contributed by atoms with E-state index in [2.05, 4.69) is 17.2 Å². The third-order valence-electron chi connectivity index (χ3n) is 2.90. The molecule has 1 heterocycles. The maximum Gasteiger partial charge on any atom is 0.263 e. The molecule has 4 nitrogen and oxygen atoms in total. The number of para-hydroxylation sites is 1. The zero-order valence-corrected chi connectivity index (χ0v) is 11.7. The van der Waals surface area contributed by atoms with Crippen molar-refractivity contribution >= 4 is 11.7 Å². The summed E-state index contributed by atoms with van der Waals surface area (Å²) in [6.07, 6.45) is 2.54. The molecule has 0 radical (unpaired) electrons. The molecule has 1 aromatic carbocycles. The number of nitrogens with one attached hydrogen (secondary N) is 1. The van der Waals surface area contributed by atoms with Crippen molar-refractivity contribution < 1.29 is 9.53 Å². The van der Waals surface area contributed by atoms with Crippen LogP contribution in [0.2, 0.25) is 0 Å². The minimum absolute atomic E-state index is 0.0212. The first-order valence-electron chi connectivity index (χ1n) is 6.62. The number of aryl methyl sites for hydroxylation is 2. The Balaban J connectivity index is 1.92. The zero-order valence-electron chi connectivity index (χ0n) is 11.7. The topological polar surface area (TPSA) is 51.2 Å². The van der Waals surface area contributed by atoms with E-state index in [9.17, 15) is 4.79 Å². The highest BCUT2D eigenvalue weighted by atomic mass is 16.5. The Bertz CT molecular complexity index is 597. The van der Waals surface area contributed by atoms with Crippen molar-refractivity contribution in [2.75, 3.05) is 11.9 Å². The van der Waals surface area contributed by atoms with Gasteiger partial charge in [-0.2, -0.15) is 0 Å². The van der Waals surface area contributed by atoms with Crippen molar-refractivity contribution in [3.63, 3.8) is 0 Å². The van der Waals surface area contributed by atoms with E-state index in [0.717, 1.165) is 23.3 Å². The number of benzene rings is 1. The Morgan fingerprint density at radius 1 is 1.30 bits per heavy atom. The van der Waals surface area contributed by atoms with Gasteiger partial charge in [-0.15, -0.1) is 0 Å². The van der Waals surface area contributed by atoms with Crippen LogP contribution < -0.4 is 10.1 Å². The van der Waals surface area contributed by atoms with Crippen molar-refractivity contribution in [2.45, 2.75) is 20.3 Å². The van der Waals surface area contributed by atoms with Crippen LogP contribution in [0.5, 0.6) is 5.75 Å². The average Bonchev–Trinajstić information content (AvgIpc) is 2.45. The number of carbonyl (C=O) groups is 1. The molecule has 104 valence electrons. The van der Waals surface area contributed by atoms with Gasteiger partial charge in [-0.1, -0.05) is 25.1 Å². The lowest BCUT2D eigenvalue weighted by atomic mass is 10.1. The minimum atomic E-state index is -0.214. The first-order valence-corrected chi connectivity index (χ1v) is 6.62. The molecule has 0 spiro atoms. The van der Waals surface area contributed by atoms with Gasteiger partial charge in [-0.25, -0.2) is 4.98 Å². The Labute approximate surface area is 118 Å². The monoisotopic (exact) mass is 270 g/mol. The molecule has 2 rings (SSSR count). The maximum atomic E-state index is 11.8. The summed E-state index contributed by atoms with van der Waals surface area (Å²) >= 11 is 0. The summed E-state index contributed by atoms with van der Waals surface area (Å²) in [5, 5.41) is 2.72. The summed E-state index contributed by atoms with van der Waals surface area (Å²) in [6.45, 7) is 3.98. The smallest absolute Gasteiger partial charge is 0.263 e. The predicted octanol–water partition coefficient (Wildman–Crippen LogP) is 2.97. The number of carbonyl (C=O) groups excluding carboxylic acids is 1. The van der Waals surface area contributed by atoms with Crippen molar-refractivity contribution in [1.82, 2.24) is 4.98 Å². The molecule has 0 bridgehead atoms.